The summed E-state index contributed by atoms with van der Waals surface area (Å²) < 4.78 is 0. The number of amidine groups is 1. The van der Waals surface area contributed by atoms with Crippen LogP contribution in [0.15, 0.2) is 35.3 Å². The van der Waals surface area contributed by atoms with Gasteiger partial charge in [-0.2, -0.15) is 0 Å². The number of aliphatic imine (C=N–C) groups is 1. The molecule has 21 heavy (non-hydrogen) atoms. The van der Waals surface area contributed by atoms with Crippen LogP contribution in [0.5, 0.6) is 0 Å². The van der Waals surface area contributed by atoms with Gasteiger partial charge in [0.2, 0.25) is 0 Å². The van der Waals surface area contributed by atoms with Crippen molar-refractivity contribution < 1.29 is 0 Å². The Bertz CT molecular complexity index is 580. The second-order valence-corrected chi connectivity index (χ2v) is 8.69. The first-order chi connectivity index (χ1) is 10.00. The van der Waals surface area contributed by atoms with Crippen LogP contribution in [0.3, 0.4) is 0 Å². The Labute approximate surface area is 131 Å². The van der Waals surface area contributed by atoms with Gasteiger partial charge in [-0.25, -0.2) is 0 Å². The number of anilines is 1. The van der Waals surface area contributed by atoms with Crippen molar-refractivity contribution in [2.24, 2.45) is 28.2 Å². The van der Waals surface area contributed by atoms with Crippen LogP contribution < -0.4 is 5.32 Å². The second-order valence-electron chi connectivity index (χ2n) is 7.68. The van der Waals surface area contributed by atoms with E-state index in [9.17, 15) is 0 Å². The quantitative estimate of drug-likeness (QED) is 0.817. The summed E-state index contributed by atoms with van der Waals surface area (Å²) in [5, 5.41) is 4.63. The fraction of sp³-hybridized carbons (Fsp3) is 0.611. The Morgan fingerprint density at radius 2 is 1.86 bits per heavy atom. The van der Waals surface area contributed by atoms with E-state index in [1.165, 1.54) is 18.6 Å². The van der Waals surface area contributed by atoms with Gasteiger partial charge in [-0.15, -0.1) is 0 Å². The van der Waals surface area contributed by atoms with Gasteiger partial charge >= 0.3 is 0 Å². The van der Waals surface area contributed by atoms with Gasteiger partial charge in [0.05, 0.1) is 5.54 Å². The minimum atomic E-state index is 0.139. The first-order valence-electron chi connectivity index (χ1n) is 8.05. The van der Waals surface area contributed by atoms with E-state index in [2.05, 4.69) is 56.4 Å². The highest BCUT2D eigenvalue weighted by molar-refractivity contribution is 8.14. The maximum Gasteiger partial charge on any atom is 0.161 e. The van der Waals surface area contributed by atoms with Crippen LogP contribution in [0.2, 0.25) is 0 Å². The number of rotatable bonds is 1. The fourth-order valence-electron chi connectivity index (χ4n) is 4.82. The average Bonchev–Trinajstić information content (AvgIpc) is 2.46. The molecule has 4 aliphatic rings. The lowest BCUT2D eigenvalue weighted by molar-refractivity contribution is -0.135. The van der Waals surface area contributed by atoms with Gasteiger partial charge in [0.15, 0.2) is 5.17 Å². The third-order valence-corrected chi connectivity index (χ3v) is 7.40. The average molecular weight is 300 g/mol. The van der Waals surface area contributed by atoms with Gasteiger partial charge in [0.25, 0.3) is 0 Å². The first-order valence-corrected chi connectivity index (χ1v) is 9.03. The maximum atomic E-state index is 5.21. The number of benzene rings is 1. The van der Waals surface area contributed by atoms with Gasteiger partial charge in [-0.1, -0.05) is 43.8 Å². The maximum absolute atomic E-state index is 5.21. The minimum Gasteiger partial charge on any atom is -0.335 e. The van der Waals surface area contributed by atoms with E-state index in [0.29, 0.717) is 5.41 Å². The molecule has 1 aromatic carbocycles. The summed E-state index contributed by atoms with van der Waals surface area (Å²) in [6.07, 6.45) is 2.75. The molecular weight excluding hydrogens is 276 g/mol. The van der Waals surface area contributed by atoms with Crippen LogP contribution in [0.1, 0.15) is 33.6 Å². The summed E-state index contributed by atoms with van der Waals surface area (Å²) in [4.78, 5) is 5.21. The number of thioether (sulfide) groups is 1. The molecule has 2 nitrogen and oxygen atoms in total. The Hall–Kier alpha value is -0.960. The number of hydrogen-bond acceptors (Lipinski definition) is 3. The lowest BCUT2D eigenvalue weighted by atomic mass is 9.41. The number of hydrogen-bond donors (Lipinski definition) is 1. The molecule has 0 aromatic heterocycles. The summed E-state index contributed by atoms with van der Waals surface area (Å²) in [5.41, 5.74) is 1.77. The molecule has 1 N–H and O–H groups in total. The van der Waals surface area contributed by atoms with Crippen LogP contribution in [0.25, 0.3) is 0 Å². The summed E-state index contributed by atoms with van der Waals surface area (Å²) in [6, 6.07) is 10.4. The van der Waals surface area contributed by atoms with Crippen molar-refractivity contribution >= 4 is 22.6 Å². The van der Waals surface area contributed by atoms with E-state index < -0.39 is 0 Å². The topological polar surface area (TPSA) is 24.4 Å². The molecule has 1 aromatic rings. The standard InChI is InChI=1S/C18H24N2S/c1-17(2)12-9-13-11-21-16(19-14-7-5-4-6-8-14)20-18(13,3)15(17)10-12/h4-8,12-13,15H,9-11H2,1-3H3,(H,19,20)/t12-,13+,15+,18-/m0/s1. The van der Waals surface area contributed by atoms with Crippen molar-refractivity contribution in [3.8, 4) is 0 Å². The Morgan fingerprint density at radius 3 is 2.57 bits per heavy atom. The summed E-state index contributed by atoms with van der Waals surface area (Å²) in [5.74, 6) is 3.67. The molecule has 0 saturated heterocycles. The largest absolute Gasteiger partial charge is 0.335 e. The molecule has 0 amide bonds. The molecule has 1 aliphatic heterocycles. The molecule has 3 saturated carbocycles. The molecule has 0 radical (unpaired) electrons. The molecule has 3 aliphatic carbocycles. The van der Waals surface area contributed by atoms with E-state index >= 15 is 0 Å². The highest BCUT2D eigenvalue weighted by Gasteiger charge is 2.63. The number of nitrogens with zero attached hydrogens (tertiary/aromatic N) is 1. The highest BCUT2D eigenvalue weighted by atomic mass is 32.2. The zero-order chi connectivity index (χ0) is 14.7. The van der Waals surface area contributed by atoms with Gasteiger partial charge < -0.3 is 5.32 Å². The van der Waals surface area contributed by atoms with Crippen molar-refractivity contribution in [1.29, 1.82) is 0 Å². The van der Waals surface area contributed by atoms with Gasteiger partial charge in [-0.05, 0) is 55.1 Å². The van der Waals surface area contributed by atoms with Gasteiger partial charge in [-0.3, -0.25) is 4.99 Å². The van der Waals surface area contributed by atoms with Crippen molar-refractivity contribution in [3.63, 3.8) is 0 Å². The minimum absolute atomic E-state index is 0.139. The van der Waals surface area contributed by atoms with Crippen molar-refractivity contribution in [2.75, 3.05) is 11.1 Å². The van der Waals surface area contributed by atoms with E-state index in [-0.39, 0.29) is 5.54 Å². The molecule has 3 heteroatoms. The second kappa shape index (κ2) is 4.52. The molecular formula is C18H24N2S. The van der Waals surface area contributed by atoms with Crippen molar-refractivity contribution in [3.05, 3.63) is 30.3 Å². The number of para-hydroxylation sites is 1. The van der Waals surface area contributed by atoms with Crippen LogP contribution in [-0.4, -0.2) is 16.5 Å². The molecule has 1 heterocycles. The summed E-state index contributed by atoms with van der Waals surface area (Å²) >= 11 is 1.90. The predicted molar refractivity (Wildman–Crippen MR) is 91.8 cm³/mol. The van der Waals surface area contributed by atoms with Gasteiger partial charge in [0.1, 0.15) is 0 Å². The third-order valence-electron chi connectivity index (χ3n) is 6.36. The zero-order valence-electron chi connectivity index (χ0n) is 13.1. The van der Waals surface area contributed by atoms with Crippen molar-refractivity contribution in [2.45, 2.75) is 39.2 Å². The molecule has 4 atom stereocenters. The van der Waals surface area contributed by atoms with Crippen molar-refractivity contribution in [1.82, 2.24) is 0 Å². The highest BCUT2D eigenvalue weighted by Crippen LogP contribution is 2.66. The molecule has 2 bridgehead atoms. The Kier molecular flexibility index (Phi) is 2.94. The van der Waals surface area contributed by atoms with E-state index in [1.54, 1.807) is 0 Å². The van der Waals surface area contributed by atoms with E-state index in [4.69, 9.17) is 4.99 Å². The van der Waals surface area contributed by atoms with Crippen LogP contribution in [-0.2, 0) is 0 Å². The van der Waals surface area contributed by atoms with Gasteiger partial charge in [0, 0.05) is 11.4 Å². The molecule has 0 unspecified atom stereocenters. The van der Waals surface area contributed by atoms with Crippen LogP contribution in [0, 0.1) is 23.2 Å². The fourth-order valence-corrected chi connectivity index (χ4v) is 6.10. The smallest absolute Gasteiger partial charge is 0.161 e. The molecule has 0 spiro atoms. The summed E-state index contributed by atoms with van der Waals surface area (Å²) in [7, 11) is 0. The predicted octanol–water partition coefficient (Wildman–Crippen LogP) is 4.64. The molecule has 3 fully saturated rings. The Morgan fingerprint density at radius 1 is 1.10 bits per heavy atom. The normalized spacial score (nSPS) is 39.8. The first kappa shape index (κ1) is 13.7. The lowest BCUT2D eigenvalue weighted by Crippen LogP contribution is -2.65. The SMILES string of the molecule is CC1(C)[C@H]2C[C@@H]3CSC(Nc4ccccc4)=N[C@]3(C)[C@@H]1C2. The lowest BCUT2D eigenvalue weighted by Gasteiger charge is -2.66. The monoisotopic (exact) mass is 300 g/mol. The van der Waals surface area contributed by atoms with Crippen LogP contribution >= 0.6 is 11.8 Å². The van der Waals surface area contributed by atoms with E-state index in [1.807, 2.05) is 11.8 Å². The number of nitrogens with one attached hydrogen (secondary N) is 1. The summed E-state index contributed by atoms with van der Waals surface area (Å²) in [6.45, 7) is 7.32. The zero-order valence-corrected chi connectivity index (χ0v) is 13.9. The Balaban J connectivity index is 1.62. The van der Waals surface area contributed by atoms with E-state index in [0.717, 1.165) is 28.6 Å². The molecule has 5 rings (SSSR count). The molecule has 112 valence electrons. The third kappa shape index (κ3) is 1.97. The van der Waals surface area contributed by atoms with Crippen LogP contribution in [0.4, 0.5) is 5.69 Å².